The lowest BCUT2D eigenvalue weighted by Gasteiger charge is -2.35. The van der Waals surface area contributed by atoms with E-state index in [2.05, 4.69) is 22.2 Å². The molecule has 3 heterocycles. The second-order valence-electron chi connectivity index (χ2n) is 6.95. The highest BCUT2D eigenvalue weighted by Gasteiger charge is 2.24. The molecule has 7 heteroatoms. The van der Waals surface area contributed by atoms with Gasteiger partial charge in [0.25, 0.3) is 0 Å². The van der Waals surface area contributed by atoms with E-state index in [0.717, 1.165) is 62.8 Å². The number of hydrogen-bond acceptors (Lipinski definition) is 6. The fourth-order valence-corrected chi connectivity index (χ4v) is 3.53. The lowest BCUT2D eigenvalue weighted by atomic mass is 10.0. The number of aromatic nitrogens is 2. The lowest BCUT2D eigenvalue weighted by molar-refractivity contribution is 0.100. The van der Waals surface area contributed by atoms with Crippen LogP contribution in [-0.2, 0) is 13.0 Å². The molecule has 26 heavy (non-hydrogen) atoms. The van der Waals surface area contributed by atoms with Gasteiger partial charge < -0.3 is 20.9 Å². The zero-order valence-electron chi connectivity index (χ0n) is 15.0. The molecule has 2 aliphatic heterocycles. The van der Waals surface area contributed by atoms with Gasteiger partial charge in [-0.2, -0.15) is 0 Å². The highest BCUT2D eigenvalue weighted by Crippen LogP contribution is 2.28. The number of nitrogens with one attached hydrogen (secondary N) is 1. The molecule has 0 saturated carbocycles. The van der Waals surface area contributed by atoms with Crippen molar-refractivity contribution in [1.29, 1.82) is 0 Å². The van der Waals surface area contributed by atoms with Gasteiger partial charge in [0.1, 0.15) is 5.82 Å². The van der Waals surface area contributed by atoms with Crippen molar-refractivity contribution in [3.05, 3.63) is 41.1 Å². The molecule has 1 aromatic carbocycles. The number of nitrogens with zero attached hydrogens (tertiary/aromatic N) is 4. The minimum absolute atomic E-state index is 0.426. The Bertz CT molecular complexity index is 812. The summed E-state index contributed by atoms with van der Waals surface area (Å²) in [6.45, 7) is 5.77. The number of rotatable bonds is 3. The van der Waals surface area contributed by atoms with E-state index in [0.29, 0.717) is 11.4 Å². The maximum atomic E-state index is 11.3. The van der Waals surface area contributed by atoms with Crippen molar-refractivity contribution < 1.29 is 4.79 Å². The quantitative estimate of drug-likeness (QED) is 0.843. The predicted molar refractivity (Wildman–Crippen MR) is 101 cm³/mol. The highest BCUT2D eigenvalue weighted by molar-refractivity contribution is 5.93. The maximum absolute atomic E-state index is 11.3. The van der Waals surface area contributed by atoms with E-state index in [1.54, 1.807) is 12.1 Å². The van der Waals surface area contributed by atoms with Crippen LogP contribution in [0.3, 0.4) is 0 Å². The first kappa shape index (κ1) is 16.9. The number of amides is 1. The molecule has 7 nitrogen and oxygen atoms in total. The summed E-state index contributed by atoms with van der Waals surface area (Å²) >= 11 is 0. The highest BCUT2D eigenvalue weighted by atomic mass is 16.1. The Morgan fingerprint density at radius 1 is 1.12 bits per heavy atom. The monoisotopic (exact) mass is 352 g/mol. The average molecular weight is 352 g/mol. The number of nitrogens with two attached hydrogens (primary N) is 1. The molecular formula is C19H24N6O. The molecule has 4 rings (SSSR count). The van der Waals surface area contributed by atoms with Gasteiger partial charge in [0.15, 0.2) is 5.82 Å². The molecule has 0 atom stereocenters. The molecule has 0 radical (unpaired) electrons. The molecule has 1 aromatic heterocycles. The summed E-state index contributed by atoms with van der Waals surface area (Å²) in [6, 6.07) is 7.19. The molecule has 2 aliphatic rings. The van der Waals surface area contributed by atoms with Crippen molar-refractivity contribution >= 4 is 11.7 Å². The Labute approximate surface area is 153 Å². The number of likely N-dealkylation sites (N-methyl/N-ethyl adjacent to an activating group) is 1. The number of benzene rings is 1. The van der Waals surface area contributed by atoms with Crippen LogP contribution >= 0.6 is 0 Å². The Kier molecular flexibility index (Phi) is 4.57. The van der Waals surface area contributed by atoms with Crippen molar-refractivity contribution in [1.82, 2.24) is 20.2 Å². The van der Waals surface area contributed by atoms with Crippen molar-refractivity contribution in [2.75, 3.05) is 44.7 Å². The fraction of sp³-hybridized carbons (Fsp3) is 0.421. The third kappa shape index (κ3) is 3.27. The second kappa shape index (κ2) is 7.01. The third-order valence-electron chi connectivity index (χ3n) is 5.15. The van der Waals surface area contributed by atoms with Crippen LogP contribution in [0.2, 0.25) is 0 Å². The van der Waals surface area contributed by atoms with Gasteiger partial charge in [0.05, 0.1) is 5.69 Å². The molecule has 136 valence electrons. The van der Waals surface area contributed by atoms with E-state index in [4.69, 9.17) is 15.7 Å². The first-order valence-corrected chi connectivity index (χ1v) is 9.06. The Morgan fingerprint density at radius 2 is 1.85 bits per heavy atom. The first-order valence-electron chi connectivity index (χ1n) is 9.06. The Hall–Kier alpha value is -2.51. The average Bonchev–Trinajstić information content (AvgIpc) is 2.68. The molecule has 1 saturated heterocycles. The number of anilines is 1. The zero-order chi connectivity index (χ0) is 18.1. The van der Waals surface area contributed by atoms with Gasteiger partial charge in [0, 0.05) is 49.4 Å². The van der Waals surface area contributed by atoms with Crippen molar-refractivity contribution in [3.8, 4) is 11.4 Å². The topological polar surface area (TPSA) is 87.4 Å². The molecule has 0 spiro atoms. The van der Waals surface area contributed by atoms with E-state index in [1.165, 1.54) is 5.56 Å². The predicted octanol–water partition coefficient (Wildman–Crippen LogP) is 0.640. The van der Waals surface area contributed by atoms with Crippen molar-refractivity contribution in [3.63, 3.8) is 0 Å². The van der Waals surface area contributed by atoms with E-state index < -0.39 is 5.91 Å². The maximum Gasteiger partial charge on any atom is 0.248 e. The van der Waals surface area contributed by atoms with Crippen LogP contribution in [0.25, 0.3) is 11.4 Å². The fourth-order valence-electron chi connectivity index (χ4n) is 3.53. The van der Waals surface area contributed by atoms with Crippen LogP contribution in [0.5, 0.6) is 0 Å². The standard InChI is InChI=1S/C19H24N6O/c1-24-8-10-25(11-9-24)19-15-6-7-21-12-16(15)22-18(23-19)14-4-2-13(3-5-14)17(20)26/h2-5,21H,6-12H2,1H3,(H2,20,26). The zero-order valence-corrected chi connectivity index (χ0v) is 15.0. The number of piperazine rings is 1. The molecule has 1 amide bonds. The van der Waals surface area contributed by atoms with Gasteiger partial charge >= 0.3 is 0 Å². The van der Waals surface area contributed by atoms with Gasteiger partial charge in [-0.05, 0) is 32.1 Å². The summed E-state index contributed by atoms with van der Waals surface area (Å²) < 4.78 is 0. The smallest absolute Gasteiger partial charge is 0.248 e. The summed E-state index contributed by atoms with van der Waals surface area (Å²) in [5, 5.41) is 3.40. The van der Waals surface area contributed by atoms with E-state index in [1.807, 2.05) is 12.1 Å². The van der Waals surface area contributed by atoms with E-state index in [-0.39, 0.29) is 0 Å². The molecule has 1 fully saturated rings. The third-order valence-corrected chi connectivity index (χ3v) is 5.15. The van der Waals surface area contributed by atoms with Crippen LogP contribution in [0.1, 0.15) is 21.6 Å². The molecular weight excluding hydrogens is 328 g/mol. The molecule has 0 unspecified atom stereocenters. The van der Waals surface area contributed by atoms with E-state index in [9.17, 15) is 4.79 Å². The van der Waals surface area contributed by atoms with Gasteiger partial charge in [-0.1, -0.05) is 12.1 Å². The summed E-state index contributed by atoms with van der Waals surface area (Å²) in [4.78, 5) is 25.8. The molecule has 3 N–H and O–H groups in total. The number of primary amides is 1. The SMILES string of the molecule is CN1CCN(c2nc(-c3ccc(C(N)=O)cc3)nc3c2CCNC3)CC1. The Balaban J connectivity index is 1.73. The number of hydrogen-bond donors (Lipinski definition) is 2. The van der Waals surface area contributed by atoms with Crippen LogP contribution < -0.4 is 16.0 Å². The Morgan fingerprint density at radius 3 is 2.54 bits per heavy atom. The summed E-state index contributed by atoms with van der Waals surface area (Å²) in [6.07, 6.45) is 0.956. The molecule has 0 aliphatic carbocycles. The van der Waals surface area contributed by atoms with Gasteiger partial charge in [0.2, 0.25) is 5.91 Å². The normalized spacial score (nSPS) is 17.8. The first-order chi connectivity index (χ1) is 12.6. The van der Waals surface area contributed by atoms with Crippen molar-refractivity contribution in [2.45, 2.75) is 13.0 Å². The van der Waals surface area contributed by atoms with Crippen molar-refractivity contribution in [2.24, 2.45) is 5.73 Å². The minimum Gasteiger partial charge on any atom is -0.366 e. The van der Waals surface area contributed by atoms with Gasteiger partial charge in [-0.15, -0.1) is 0 Å². The summed E-state index contributed by atoms with van der Waals surface area (Å²) in [5.41, 5.74) is 9.08. The number of carbonyl (C=O) groups excluding carboxylic acids is 1. The molecule has 2 aromatic rings. The molecule has 0 bridgehead atoms. The van der Waals surface area contributed by atoms with Gasteiger partial charge in [-0.25, -0.2) is 9.97 Å². The van der Waals surface area contributed by atoms with Gasteiger partial charge in [-0.3, -0.25) is 4.79 Å². The number of carbonyl (C=O) groups is 1. The summed E-state index contributed by atoms with van der Waals surface area (Å²) in [7, 11) is 2.16. The summed E-state index contributed by atoms with van der Waals surface area (Å²) in [5.74, 6) is 1.35. The van der Waals surface area contributed by atoms with E-state index >= 15 is 0 Å². The van der Waals surface area contributed by atoms with Crippen LogP contribution in [0, 0.1) is 0 Å². The second-order valence-corrected chi connectivity index (χ2v) is 6.95. The number of fused-ring (bicyclic) bond motifs is 1. The largest absolute Gasteiger partial charge is 0.366 e. The van der Waals surface area contributed by atoms with Crippen LogP contribution in [0.15, 0.2) is 24.3 Å². The van der Waals surface area contributed by atoms with Crippen LogP contribution in [0.4, 0.5) is 5.82 Å². The lowest BCUT2D eigenvalue weighted by Crippen LogP contribution is -2.45. The van der Waals surface area contributed by atoms with Crippen LogP contribution in [-0.4, -0.2) is 60.5 Å². The minimum atomic E-state index is -0.426.